The number of hydrogen-bond acceptors (Lipinski definition) is 3. The Morgan fingerprint density at radius 1 is 0.630 bits per heavy atom. The Balaban J connectivity index is 0.995. The molecule has 2 nitrogen and oxygen atoms in total. The summed E-state index contributed by atoms with van der Waals surface area (Å²) in [6.07, 6.45) is 15.8. The summed E-state index contributed by atoms with van der Waals surface area (Å²) >= 11 is 1.86. The quantitative estimate of drug-likeness (QED) is 0.177. The van der Waals surface area contributed by atoms with Gasteiger partial charge in [-0.3, -0.25) is 0 Å². The van der Waals surface area contributed by atoms with Crippen molar-refractivity contribution in [2.24, 2.45) is 5.92 Å². The van der Waals surface area contributed by atoms with Gasteiger partial charge in [-0.05, 0) is 101 Å². The molecule has 8 aromatic rings. The van der Waals surface area contributed by atoms with Crippen LogP contribution in [0, 0.1) is 5.92 Å². The molecule has 7 aromatic carbocycles. The third-order valence-corrected chi connectivity index (χ3v) is 12.4. The lowest BCUT2D eigenvalue weighted by Crippen LogP contribution is -2.12. The summed E-state index contributed by atoms with van der Waals surface area (Å²) in [7, 11) is 0. The fourth-order valence-corrected chi connectivity index (χ4v) is 9.51. The molecule has 0 fully saturated rings. The fourth-order valence-electron chi connectivity index (χ4n) is 8.43. The predicted octanol–water partition coefficient (Wildman–Crippen LogP) is 14.9. The average molecular weight is 713 g/mol. The van der Waals surface area contributed by atoms with Crippen molar-refractivity contribution in [3.8, 4) is 11.1 Å². The molecule has 0 amide bonds. The maximum absolute atomic E-state index is 3.88. The van der Waals surface area contributed by atoms with Crippen LogP contribution in [0.5, 0.6) is 0 Å². The zero-order valence-electron chi connectivity index (χ0n) is 30.2. The van der Waals surface area contributed by atoms with E-state index in [0.717, 1.165) is 29.9 Å². The normalized spacial score (nSPS) is 16.2. The molecule has 0 radical (unpaired) electrons. The van der Waals surface area contributed by atoms with Gasteiger partial charge in [-0.1, -0.05) is 134 Å². The number of hydrogen-bond donors (Lipinski definition) is 1. The SMILES string of the molecule is CC1C=CC=CC1c1ccc2c(c1Nc1ccc(-c3ccc(N(c4ccc5sc6ccccc6c5c4)c4cccc5ccccc45)cc3)cc1)C=CCC2. The Morgan fingerprint density at radius 2 is 1.35 bits per heavy atom. The lowest BCUT2D eigenvalue weighted by Gasteiger charge is -2.27. The van der Waals surface area contributed by atoms with Crippen molar-refractivity contribution in [1.29, 1.82) is 0 Å². The highest BCUT2D eigenvalue weighted by molar-refractivity contribution is 7.25. The van der Waals surface area contributed by atoms with Crippen LogP contribution in [0.25, 0.3) is 48.1 Å². The van der Waals surface area contributed by atoms with Crippen LogP contribution in [0.3, 0.4) is 0 Å². The minimum absolute atomic E-state index is 0.343. The van der Waals surface area contributed by atoms with Gasteiger partial charge in [-0.25, -0.2) is 0 Å². The second-order valence-electron chi connectivity index (χ2n) is 14.6. The van der Waals surface area contributed by atoms with E-state index in [1.807, 2.05) is 11.3 Å². The van der Waals surface area contributed by atoms with Crippen LogP contribution in [0.4, 0.5) is 28.4 Å². The Hall–Kier alpha value is -6.16. The first kappa shape index (κ1) is 32.5. The Labute approximate surface area is 321 Å². The lowest BCUT2D eigenvalue weighted by molar-refractivity contribution is 0.636. The molecule has 0 spiro atoms. The highest BCUT2D eigenvalue weighted by Crippen LogP contribution is 2.44. The number of thiophene rings is 1. The number of allylic oxidation sites excluding steroid dienone is 5. The largest absolute Gasteiger partial charge is 0.355 e. The molecule has 3 heteroatoms. The van der Waals surface area contributed by atoms with Gasteiger partial charge in [0.15, 0.2) is 0 Å². The summed E-state index contributed by atoms with van der Waals surface area (Å²) in [5.74, 6) is 0.789. The minimum Gasteiger partial charge on any atom is -0.355 e. The monoisotopic (exact) mass is 712 g/mol. The van der Waals surface area contributed by atoms with Crippen LogP contribution in [-0.2, 0) is 6.42 Å². The summed E-state index contributed by atoms with van der Waals surface area (Å²) in [5.41, 5.74) is 12.3. The van der Waals surface area contributed by atoms with Crippen molar-refractivity contribution in [3.05, 3.63) is 193 Å². The van der Waals surface area contributed by atoms with E-state index < -0.39 is 0 Å². The molecule has 54 heavy (non-hydrogen) atoms. The van der Waals surface area contributed by atoms with Gasteiger partial charge in [0.05, 0.1) is 5.69 Å². The van der Waals surface area contributed by atoms with E-state index in [0.29, 0.717) is 11.8 Å². The summed E-state index contributed by atoms with van der Waals surface area (Å²) in [6, 6.07) is 53.6. The molecule has 260 valence electrons. The van der Waals surface area contributed by atoms with Crippen LogP contribution in [-0.4, -0.2) is 0 Å². The van der Waals surface area contributed by atoms with E-state index in [1.54, 1.807) is 0 Å². The first-order valence-corrected chi connectivity index (χ1v) is 19.8. The molecule has 0 saturated heterocycles. The zero-order valence-corrected chi connectivity index (χ0v) is 31.1. The third kappa shape index (κ3) is 5.82. The minimum atomic E-state index is 0.343. The first-order valence-electron chi connectivity index (χ1n) is 19.0. The second-order valence-corrected chi connectivity index (χ2v) is 15.6. The number of fused-ring (bicyclic) bond motifs is 5. The second kappa shape index (κ2) is 13.7. The number of nitrogens with zero attached hydrogens (tertiary/aromatic N) is 1. The van der Waals surface area contributed by atoms with Gasteiger partial charge in [0.25, 0.3) is 0 Å². The van der Waals surface area contributed by atoms with E-state index in [4.69, 9.17) is 0 Å². The van der Waals surface area contributed by atoms with E-state index >= 15 is 0 Å². The van der Waals surface area contributed by atoms with Crippen LogP contribution in [0.15, 0.2) is 176 Å². The van der Waals surface area contributed by atoms with Crippen LogP contribution in [0.2, 0.25) is 0 Å². The van der Waals surface area contributed by atoms with E-state index in [2.05, 4.69) is 199 Å². The number of aryl methyl sites for hydroxylation is 1. The van der Waals surface area contributed by atoms with Crippen LogP contribution in [0.1, 0.15) is 36.0 Å². The van der Waals surface area contributed by atoms with Crippen molar-refractivity contribution in [3.63, 3.8) is 0 Å². The Bertz CT molecular complexity index is 2760. The third-order valence-electron chi connectivity index (χ3n) is 11.2. The molecular formula is C51H40N2S. The molecule has 0 aliphatic heterocycles. The molecule has 1 heterocycles. The highest BCUT2D eigenvalue weighted by atomic mass is 32.1. The lowest BCUT2D eigenvalue weighted by atomic mass is 9.81. The van der Waals surface area contributed by atoms with Crippen molar-refractivity contribution in [2.45, 2.75) is 25.7 Å². The van der Waals surface area contributed by atoms with Crippen LogP contribution < -0.4 is 10.2 Å². The molecule has 2 aliphatic carbocycles. The van der Waals surface area contributed by atoms with Gasteiger partial charge < -0.3 is 10.2 Å². The summed E-state index contributed by atoms with van der Waals surface area (Å²) in [4.78, 5) is 2.41. The zero-order chi connectivity index (χ0) is 36.0. The standard InChI is InChI=1S/C51H40N2S/c1-34-11-2-5-15-42(34)46-31-25-38-13-4-7-17-44(38)51(46)52-39-26-21-35(22-27-39)36-23-28-40(29-24-36)53(48-19-10-14-37-12-3-6-16-43(37)48)41-30-32-50-47(33-41)45-18-8-9-20-49(45)54-50/h2-3,5-12,14-34,42,52H,4,13H2,1H3. The maximum Gasteiger partial charge on any atom is 0.0540 e. The summed E-state index contributed by atoms with van der Waals surface area (Å²) < 4.78 is 2.63. The molecule has 2 unspecified atom stereocenters. The maximum atomic E-state index is 3.88. The van der Waals surface area contributed by atoms with Crippen molar-refractivity contribution < 1.29 is 0 Å². The van der Waals surface area contributed by atoms with Gasteiger partial charge in [0.1, 0.15) is 0 Å². The van der Waals surface area contributed by atoms with Gasteiger partial charge in [0, 0.05) is 59.8 Å². The smallest absolute Gasteiger partial charge is 0.0540 e. The van der Waals surface area contributed by atoms with Gasteiger partial charge >= 0.3 is 0 Å². The molecule has 0 bridgehead atoms. The predicted molar refractivity (Wildman–Crippen MR) is 234 cm³/mol. The van der Waals surface area contributed by atoms with Gasteiger partial charge in [-0.15, -0.1) is 11.3 Å². The molecule has 1 N–H and O–H groups in total. The number of rotatable bonds is 7. The first-order chi connectivity index (χ1) is 26.7. The topological polar surface area (TPSA) is 15.3 Å². The molecule has 0 saturated carbocycles. The van der Waals surface area contributed by atoms with E-state index in [-0.39, 0.29) is 0 Å². The van der Waals surface area contributed by atoms with Gasteiger partial charge in [-0.2, -0.15) is 0 Å². The molecule has 2 atom stereocenters. The Kier molecular flexibility index (Phi) is 8.23. The molecular weight excluding hydrogens is 673 g/mol. The van der Waals surface area contributed by atoms with E-state index in [9.17, 15) is 0 Å². The van der Waals surface area contributed by atoms with Crippen LogP contribution >= 0.6 is 11.3 Å². The highest BCUT2D eigenvalue weighted by Gasteiger charge is 2.23. The number of benzene rings is 7. The van der Waals surface area contributed by atoms with E-state index in [1.165, 1.54) is 70.1 Å². The summed E-state index contributed by atoms with van der Waals surface area (Å²) in [5, 5.41) is 8.94. The Morgan fingerprint density at radius 3 is 2.20 bits per heavy atom. The summed E-state index contributed by atoms with van der Waals surface area (Å²) in [6.45, 7) is 2.31. The number of nitrogens with one attached hydrogen (secondary N) is 1. The number of anilines is 5. The molecule has 10 rings (SSSR count). The van der Waals surface area contributed by atoms with Crippen molar-refractivity contribution in [1.82, 2.24) is 0 Å². The fraction of sp³-hybridized carbons (Fsp3) is 0.0980. The van der Waals surface area contributed by atoms with Gasteiger partial charge in [0.2, 0.25) is 0 Å². The average Bonchev–Trinajstić information content (AvgIpc) is 3.60. The molecule has 2 aliphatic rings. The molecule has 1 aromatic heterocycles. The van der Waals surface area contributed by atoms with Crippen molar-refractivity contribution in [2.75, 3.05) is 10.2 Å². The van der Waals surface area contributed by atoms with Crippen molar-refractivity contribution >= 4 is 76.8 Å².